The second-order valence-electron chi connectivity index (χ2n) is 9.30. The Hall–Kier alpha value is -4.90. The largest absolute Gasteiger partial charge is 0.495 e. The molecule has 0 aliphatic rings. The van der Waals surface area contributed by atoms with Gasteiger partial charge in [-0.15, -0.1) is 11.3 Å². The summed E-state index contributed by atoms with van der Waals surface area (Å²) in [6.45, 7) is 1.86. The Labute approximate surface area is 236 Å². The lowest BCUT2D eigenvalue weighted by Gasteiger charge is -2.15. The van der Waals surface area contributed by atoms with E-state index in [0.717, 1.165) is 49.4 Å². The molecule has 3 aromatic carbocycles. The van der Waals surface area contributed by atoms with Gasteiger partial charge in [-0.1, -0.05) is 24.3 Å². The van der Waals surface area contributed by atoms with Crippen molar-refractivity contribution in [2.75, 3.05) is 17.7 Å². The summed E-state index contributed by atoms with van der Waals surface area (Å²) in [5.74, 6) is -0.151. The molecule has 3 aromatic heterocycles. The predicted molar refractivity (Wildman–Crippen MR) is 155 cm³/mol. The van der Waals surface area contributed by atoms with Crippen molar-refractivity contribution in [1.29, 1.82) is 0 Å². The number of nitrogens with zero attached hydrogens (tertiary/aromatic N) is 2. The number of carbonyl (C=O) groups is 1. The topological polar surface area (TPSA) is 91.9 Å². The number of amides is 1. The molecule has 0 fully saturated rings. The second-order valence-corrected chi connectivity index (χ2v) is 10.4. The van der Waals surface area contributed by atoms with E-state index in [0.29, 0.717) is 11.6 Å². The summed E-state index contributed by atoms with van der Waals surface area (Å²) in [5, 5.41) is 6.88. The van der Waals surface area contributed by atoms with E-state index in [2.05, 4.69) is 38.8 Å². The zero-order chi connectivity index (χ0) is 28.7. The average Bonchev–Trinajstić information content (AvgIpc) is 3.60. The van der Waals surface area contributed by atoms with Crippen LogP contribution in [0, 0.1) is 6.92 Å². The standard InChI is InChI=1S/C30H22F3N5O2S/c1-16-7-8-18(28(39)35-22-15-19(30(31,32)33)9-10-23(22)40-2)13-21(16)37-29-36-20-11-12-34-26(20)27(38-29)25-14-17-5-3-4-6-24(17)41-25/h3-15,34H,1-2H3,(H,35,39)(H,36,37,38). The highest BCUT2D eigenvalue weighted by molar-refractivity contribution is 7.22. The van der Waals surface area contributed by atoms with Gasteiger partial charge in [-0.25, -0.2) is 9.97 Å². The molecule has 1 amide bonds. The van der Waals surface area contributed by atoms with Gasteiger partial charge in [0.15, 0.2) is 0 Å². The molecular formula is C30H22F3N5O2S. The van der Waals surface area contributed by atoms with Crippen LogP contribution >= 0.6 is 11.3 Å². The molecule has 0 aliphatic heterocycles. The number of aromatic nitrogens is 3. The molecule has 0 saturated heterocycles. The van der Waals surface area contributed by atoms with Crippen LogP contribution in [0.1, 0.15) is 21.5 Å². The third-order valence-electron chi connectivity index (χ3n) is 6.59. The summed E-state index contributed by atoms with van der Waals surface area (Å²) >= 11 is 1.63. The van der Waals surface area contributed by atoms with E-state index in [1.54, 1.807) is 35.7 Å². The van der Waals surface area contributed by atoms with E-state index in [1.807, 2.05) is 25.1 Å². The van der Waals surface area contributed by atoms with Crippen molar-refractivity contribution in [2.24, 2.45) is 0 Å². The number of nitrogens with one attached hydrogen (secondary N) is 3. The van der Waals surface area contributed by atoms with E-state index in [1.165, 1.54) is 13.2 Å². The van der Waals surface area contributed by atoms with Gasteiger partial charge in [-0.05, 0) is 66.4 Å². The number of alkyl halides is 3. The van der Waals surface area contributed by atoms with Crippen molar-refractivity contribution >= 4 is 55.7 Å². The minimum Gasteiger partial charge on any atom is -0.495 e. The predicted octanol–water partition coefficient (Wildman–Crippen LogP) is 8.17. The molecule has 6 aromatic rings. The van der Waals surface area contributed by atoms with Crippen molar-refractivity contribution in [2.45, 2.75) is 13.1 Å². The molecular weight excluding hydrogens is 551 g/mol. The van der Waals surface area contributed by atoms with Crippen molar-refractivity contribution in [3.63, 3.8) is 0 Å². The molecule has 0 unspecified atom stereocenters. The summed E-state index contributed by atoms with van der Waals surface area (Å²) in [7, 11) is 1.32. The third-order valence-corrected chi connectivity index (χ3v) is 7.71. The van der Waals surface area contributed by atoms with Gasteiger partial charge in [0.1, 0.15) is 11.4 Å². The molecule has 11 heteroatoms. The van der Waals surface area contributed by atoms with Crippen LogP contribution in [0.5, 0.6) is 5.75 Å². The fourth-order valence-corrected chi connectivity index (χ4v) is 5.53. The molecule has 0 radical (unpaired) electrons. The minimum atomic E-state index is -4.57. The van der Waals surface area contributed by atoms with Gasteiger partial charge in [0.2, 0.25) is 5.95 Å². The number of rotatable bonds is 6. The van der Waals surface area contributed by atoms with E-state index in [9.17, 15) is 18.0 Å². The molecule has 3 N–H and O–H groups in total. The quantitative estimate of drug-likeness (QED) is 0.187. The van der Waals surface area contributed by atoms with Crippen LogP contribution in [-0.2, 0) is 6.18 Å². The summed E-state index contributed by atoms with van der Waals surface area (Å²) in [6, 6.07) is 19.9. The minimum absolute atomic E-state index is 0.0865. The number of anilines is 3. The van der Waals surface area contributed by atoms with Crippen molar-refractivity contribution in [1.82, 2.24) is 15.0 Å². The van der Waals surface area contributed by atoms with Crippen LogP contribution in [0.4, 0.5) is 30.5 Å². The second kappa shape index (κ2) is 10.3. The highest BCUT2D eigenvalue weighted by atomic mass is 32.1. The fraction of sp³-hybridized carbons (Fsp3) is 0.100. The molecule has 0 spiro atoms. The van der Waals surface area contributed by atoms with E-state index >= 15 is 0 Å². The van der Waals surface area contributed by atoms with Crippen molar-refractivity contribution in [3.05, 3.63) is 95.7 Å². The van der Waals surface area contributed by atoms with Gasteiger partial charge in [0.05, 0.1) is 34.3 Å². The molecule has 0 aliphatic carbocycles. The highest BCUT2D eigenvalue weighted by Crippen LogP contribution is 2.37. The monoisotopic (exact) mass is 573 g/mol. The number of benzene rings is 3. The Morgan fingerprint density at radius 2 is 1.80 bits per heavy atom. The Kier molecular flexibility index (Phi) is 6.58. The van der Waals surface area contributed by atoms with Crippen LogP contribution in [0.2, 0.25) is 0 Å². The number of hydrogen-bond donors (Lipinski definition) is 3. The SMILES string of the molecule is COc1ccc(C(F)(F)F)cc1NC(=O)c1ccc(C)c(Nc2nc(-c3cc4ccccc4s3)c3[nH]ccc3n2)c1. The van der Waals surface area contributed by atoms with E-state index in [-0.39, 0.29) is 17.0 Å². The number of hydrogen-bond acceptors (Lipinski definition) is 6. The first-order chi connectivity index (χ1) is 19.7. The Bertz CT molecular complexity index is 1900. The zero-order valence-electron chi connectivity index (χ0n) is 21.8. The number of halogens is 3. The lowest BCUT2D eigenvalue weighted by atomic mass is 10.1. The number of thiophene rings is 1. The zero-order valence-corrected chi connectivity index (χ0v) is 22.6. The molecule has 6 rings (SSSR count). The van der Waals surface area contributed by atoms with Crippen LogP contribution in [0.25, 0.3) is 31.7 Å². The average molecular weight is 574 g/mol. The van der Waals surface area contributed by atoms with Crippen LogP contribution < -0.4 is 15.4 Å². The van der Waals surface area contributed by atoms with Gasteiger partial charge in [0, 0.05) is 22.1 Å². The van der Waals surface area contributed by atoms with Crippen LogP contribution in [0.3, 0.4) is 0 Å². The van der Waals surface area contributed by atoms with Gasteiger partial charge in [-0.3, -0.25) is 4.79 Å². The molecule has 0 bridgehead atoms. The third kappa shape index (κ3) is 5.19. The first kappa shape index (κ1) is 26.3. The van der Waals surface area contributed by atoms with Crippen LogP contribution in [0.15, 0.2) is 79.0 Å². The maximum Gasteiger partial charge on any atom is 0.416 e. The number of aromatic amines is 1. The van der Waals surface area contributed by atoms with Crippen LogP contribution in [-0.4, -0.2) is 28.0 Å². The summed E-state index contributed by atoms with van der Waals surface area (Å²) in [4.78, 5) is 26.8. The number of carbonyl (C=O) groups excluding carboxylic acids is 1. The first-order valence-corrected chi connectivity index (χ1v) is 13.3. The molecule has 3 heterocycles. The van der Waals surface area contributed by atoms with Gasteiger partial charge < -0.3 is 20.4 Å². The molecule has 0 atom stereocenters. The Morgan fingerprint density at radius 3 is 2.59 bits per heavy atom. The lowest BCUT2D eigenvalue weighted by Crippen LogP contribution is -2.14. The number of fused-ring (bicyclic) bond motifs is 2. The number of methoxy groups -OCH3 is 1. The smallest absolute Gasteiger partial charge is 0.416 e. The summed E-state index contributed by atoms with van der Waals surface area (Å²) in [5.41, 5.74) is 2.91. The highest BCUT2D eigenvalue weighted by Gasteiger charge is 2.31. The fourth-order valence-electron chi connectivity index (χ4n) is 4.47. The Morgan fingerprint density at radius 1 is 0.976 bits per heavy atom. The first-order valence-electron chi connectivity index (χ1n) is 12.5. The maximum atomic E-state index is 13.3. The van der Waals surface area contributed by atoms with Gasteiger partial charge in [0.25, 0.3) is 5.91 Å². The summed E-state index contributed by atoms with van der Waals surface area (Å²) in [6.07, 6.45) is -2.76. The number of aryl methyl sites for hydroxylation is 1. The number of H-pyrrole nitrogens is 1. The normalized spacial score (nSPS) is 11.6. The van der Waals surface area contributed by atoms with E-state index in [4.69, 9.17) is 9.72 Å². The number of ether oxygens (including phenoxy) is 1. The van der Waals surface area contributed by atoms with Crippen molar-refractivity contribution in [3.8, 4) is 16.3 Å². The van der Waals surface area contributed by atoms with Crippen molar-refractivity contribution < 1.29 is 22.7 Å². The van der Waals surface area contributed by atoms with Gasteiger partial charge >= 0.3 is 6.18 Å². The molecule has 0 saturated carbocycles. The van der Waals surface area contributed by atoms with E-state index < -0.39 is 17.6 Å². The summed E-state index contributed by atoms with van der Waals surface area (Å²) < 4.78 is 46.1. The molecule has 7 nitrogen and oxygen atoms in total. The lowest BCUT2D eigenvalue weighted by molar-refractivity contribution is -0.137. The Balaban J connectivity index is 1.32. The molecule has 206 valence electrons. The molecule has 41 heavy (non-hydrogen) atoms. The maximum absolute atomic E-state index is 13.3. The van der Waals surface area contributed by atoms with Gasteiger partial charge in [-0.2, -0.15) is 13.2 Å².